The number of amides is 1. The highest BCUT2D eigenvalue weighted by molar-refractivity contribution is 5.84. The van der Waals surface area contributed by atoms with Crippen LogP contribution in [0.3, 0.4) is 0 Å². The Bertz CT molecular complexity index is 739. The van der Waals surface area contributed by atoms with Gasteiger partial charge >= 0.3 is 0 Å². The number of hydrogen-bond donors (Lipinski definition) is 0. The van der Waals surface area contributed by atoms with Crippen LogP contribution in [0.4, 0.5) is 11.8 Å². The lowest BCUT2D eigenvalue weighted by atomic mass is 9.71. The highest BCUT2D eigenvalue weighted by Crippen LogP contribution is 2.42. The molecule has 1 unspecified atom stereocenters. The normalized spacial score (nSPS) is 25.1. The van der Waals surface area contributed by atoms with Crippen LogP contribution < -0.4 is 9.80 Å². The Balaban J connectivity index is 1.54. The summed E-state index contributed by atoms with van der Waals surface area (Å²) in [7, 11) is 3.66. The van der Waals surface area contributed by atoms with Gasteiger partial charge in [-0.25, -0.2) is 4.98 Å². The lowest BCUT2D eigenvalue weighted by Crippen LogP contribution is -2.56. The van der Waals surface area contributed by atoms with E-state index in [9.17, 15) is 4.79 Å². The highest BCUT2D eigenvalue weighted by Gasteiger charge is 2.48. The molecule has 1 amide bonds. The van der Waals surface area contributed by atoms with E-state index in [4.69, 9.17) is 14.7 Å². The van der Waals surface area contributed by atoms with Crippen LogP contribution >= 0.6 is 0 Å². The third-order valence-electron chi connectivity index (χ3n) is 6.99. The fraction of sp³-hybridized carbons (Fsp3) is 0.762. The van der Waals surface area contributed by atoms with Crippen molar-refractivity contribution in [1.29, 1.82) is 0 Å². The minimum absolute atomic E-state index is 0.138. The molecule has 1 aromatic heterocycles. The molecule has 28 heavy (non-hydrogen) atoms. The summed E-state index contributed by atoms with van der Waals surface area (Å²) in [5.74, 6) is 2.20. The standard InChI is InChI=1S/C21H33N5O2/c1-15-16(2)22-20(26-9-5-6-10-26)23-18(15)25-11-7-21(8-12-25)13-17(28-4)14-24(3)19(21)27/h17H,5-14H2,1-4H3. The first kappa shape index (κ1) is 19.4. The van der Waals surface area contributed by atoms with Crippen LogP contribution in [0.2, 0.25) is 0 Å². The molecule has 3 saturated heterocycles. The predicted molar refractivity (Wildman–Crippen MR) is 110 cm³/mol. The summed E-state index contributed by atoms with van der Waals surface area (Å²) in [4.78, 5) is 29.2. The number of piperidine rings is 2. The molecule has 0 aliphatic carbocycles. The summed E-state index contributed by atoms with van der Waals surface area (Å²) in [6, 6.07) is 0. The first-order chi connectivity index (χ1) is 13.4. The molecular weight excluding hydrogens is 354 g/mol. The molecule has 1 atom stereocenters. The molecule has 0 radical (unpaired) electrons. The number of likely N-dealkylation sites (tertiary alicyclic amines) is 1. The van der Waals surface area contributed by atoms with Crippen molar-refractivity contribution in [3.8, 4) is 0 Å². The lowest BCUT2D eigenvalue weighted by molar-refractivity contribution is -0.153. The molecule has 154 valence electrons. The summed E-state index contributed by atoms with van der Waals surface area (Å²) in [6.45, 7) is 8.69. The maximum Gasteiger partial charge on any atom is 0.228 e. The summed E-state index contributed by atoms with van der Waals surface area (Å²) >= 11 is 0. The molecule has 3 aliphatic heterocycles. The second kappa shape index (κ2) is 7.50. The molecule has 4 rings (SSSR count). The largest absolute Gasteiger partial charge is 0.380 e. The number of aromatic nitrogens is 2. The Kier molecular flexibility index (Phi) is 5.21. The summed E-state index contributed by atoms with van der Waals surface area (Å²) < 4.78 is 5.62. The highest BCUT2D eigenvalue weighted by atomic mass is 16.5. The van der Waals surface area contributed by atoms with E-state index in [1.807, 2.05) is 11.9 Å². The van der Waals surface area contributed by atoms with Crippen molar-refractivity contribution >= 4 is 17.7 Å². The van der Waals surface area contributed by atoms with E-state index < -0.39 is 0 Å². The van der Waals surface area contributed by atoms with Crippen molar-refractivity contribution in [3.63, 3.8) is 0 Å². The predicted octanol–water partition coefficient (Wildman–Crippen LogP) is 2.16. The van der Waals surface area contributed by atoms with Gasteiger partial charge in [-0.3, -0.25) is 4.79 Å². The van der Waals surface area contributed by atoms with Gasteiger partial charge in [-0.2, -0.15) is 4.98 Å². The molecule has 7 nitrogen and oxygen atoms in total. The minimum Gasteiger partial charge on any atom is -0.380 e. The van der Waals surface area contributed by atoms with Gasteiger partial charge in [-0.05, 0) is 46.0 Å². The third-order valence-corrected chi connectivity index (χ3v) is 6.99. The van der Waals surface area contributed by atoms with Gasteiger partial charge < -0.3 is 19.4 Å². The van der Waals surface area contributed by atoms with Crippen LogP contribution in [0.25, 0.3) is 0 Å². The summed E-state index contributed by atoms with van der Waals surface area (Å²) in [5.41, 5.74) is 1.93. The van der Waals surface area contributed by atoms with Gasteiger partial charge in [-0.1, -0.05) is 0 Å². The van der Waals surface area contributed by atoms with Crippen LogP contribution in [0.1, 0.15) is 43.4 Å². The SMILES string of the molecule is COC1CN(C)C(=O)C2(CCN(c3nc(N4CCCC4)nc(C)c3C)CC2)C1. The van der Waals surface area contributed by atoms with Crippen LogP contribution in [-0.4, -0.2) is 73.8 Å². The molecule has 7 heteroatoms. The smallest absolute Gasteiger partial charge is 0.228 e. The molecule has 3 aliphatic rings. The number of ether oxygens (including phenoxy) is 1. The van der Waals surface area contributed by atoms with Crippen molar-refractivity contribution < 1.29 is 9.53 Å². The van der Waals surface area contributed by atoms with Crippen molar-refractivity contribution in [2.75, 3.05) is 56.7 Å². The molecule has 0 saturated carbocycles. The zero-order valence-electron chi connectivity index (χ0n) is 17.7. The molecule has 4 heterocycles. The van der Waals surface area contributed by atoms with Crippen LogP contribution in [0.15, 0.2) is 0 Å². The van der Waals surface area contributed by atoms with E-state index in [2.05, 4.69) is 23.6 Å². The number of likely N-dealkylation sites (N-methyl/N-ethyl adjacent to an activating group) is 1. The molecule has 0 aromatic carbocycles. The van der Waals surface area contributed by atoms with E-state index in [1.165, 1.54) is 12.8 Å². The number of carbonyl (C=O) groups excluding carboxylic acids is 1. The number of methoxy groups -OCH3 is 1. The number of aryl methyl sites for hydroxylation is 1. The van der Waals surface area contributed by atoms with Gasteiger partial charge in [0, 0.05) is 58.1 Å². The van der Waals surface area contributed by atoms with Gasteiger partial charge in [-0.15, -0.1) is 0 Å². The maximum atomic E-state index is 13.0. The number of rotatable bonds is 3. The van der Waals surface area contributed by atoms with Gasteiger partial charge in [0.1, 0.15) is 5.82 Å². The van der Waals surface area contributed by atoms with Gasteiger partial charge in [0.15, 0.2) is 0 Å². The van der Waals surface area contributed by atoms with Crippen molar-refractivity contribution in [1.82, 2.24) is 14.9 Å². The quantitative estimate of drug-likeness (QED) is 0.792. The first-order valence-corrected chi connectivity index (χ1v) is 10.6. The Labute approximate surface area is 168 Å². The average Bonchev–Trinajstić information content (AvgIpc) is 3.23. The van der Waals surface area contributed by atoms with Gasteiger partial charge in [0.05, 0.1) is 11.5 Å². The number of anilines is 2. The van der Waals surface area contributed by atoms with E-state index in [0.717, 1.165) is 68.5 Å². The molecule has 1 aromatic rings. The van der Waals surface area contributed by atoms with Crippen LogP contribution in [-0.2, 0) is 9.53 Å². The van der Waals surface area contributed by atoms with Gasteiger partial charge in [0.25, 0.3) is 0 Å². The number of nitrogens with zero attached hydrogens (tertiary/aromatic N) is 5. The Morgan fingerprint density at radius 2 is 1.71 bits per heavy atom. The molecule has 3 fully saturated rings. The minimum atomic E-state index is -0.280. The van der Waals surface area contributed by atoms with Crippen molar-refractivity contribution in [2.24, 2.45) is 5.41 Å². The fourth-order valence-electron chi connectivity index (χ4n) is 5.07. The Morgan fingerprint density at radius 3 is 2.36 bits per heavy atom. The lowest BCUT2D eigenvalue weighted by Gasteiger charge is -2.48. The zero-order chi connectivity index (χ0) is 19.9. The van der Waals surface area contributed by atoms with E-state index in [1.54, 1.807) is 7.11 Å². The fourth-order valence-corrected chi connectivity index (χ4v) is 5.07. The van der Waals surface area contributed by atoms with Gasteiger partial charge in [0.2, 0.25) is 11.9 Å². The Hall–Kier alpha value is -1.89. The third kappa shape index (κ3) is 3.34. The van der Waals surface area contributed by atoms with E-state index in [-0.39, 0.29) is 17.4 Å². The molecule has 1 spiro atoms. The van der Waals surface area contributed by atoms with Crippen LogP contribution in [0.5, 0.6) is 0 Å². The second-order valence-corrected chi connectivity index (χ2v) is 8.77. The second-order valence-electron chi connectivity index (χ2n) is 8.77. The molecule has 0 bridgehead atoms. The first-order valence-electron chi connectivity index (χ1n) is 10.6. The topological polar surface area (TPSA) is 61.8 Å². The van der Waals surface area contributed by atoms with Crippen LogP contribution in [0, 0.1) is 19.3 Å². The van der Waals surface area contributed by atoms with E-state index >= 15 is 0 Å². The summed E-state index contributed by atoms with van der Waals surface area (Å²) in [5, 5.41) is 0. The van der Waals surface area contributed by atoms with Crippen molar-refractivity contribution in [2.45, 2.75) is 52.1 Å². The molecule has 0 N–H and O–H groups in total. The number of carbonyl (C=O) groups is 1. The van der Waals surface area contributed by atoms with Crippen molar-refractivity contribution in [3.05, 3.63) is 11.3 Å². The Morgan fingerprint density at radius 1 is 1.04 bits per heavy atom. The maximum absolute atomic E-state index is 13.0. The number of hydrogen-bond acceptors (Lipinski definition) is 6. The van der Waals surface area contributed by atoms with E-state index in [0.29, 0.717) is 6.54 Å². The zero-order valence-corrected chi connectivity index (χ0v) is 17.7. The average molecular weight is 388 g/mol. The monoisotopic (exact) mass is 387 g/mol. The molecular formula is C21H33N5O2. The summed E-state index contributed by atoms with van der Waals surface area (Å²) in [6.07, 6.45) is 5.12.